The van der Waals surface area contributed by atoms with Crippen LogP contribution >= 0.6 is 0 Å². The van der Waals surface area contributed by atoms with E-state index in [9.17, 15) is 14.4 Å². The lowest BCUT2D eigenvalue weighted by atomic mass is 10.0. The number of ether oxygens (including phenoxy) is 1. The summed E-state index contributed by atoms with van der Waals surface area (Å²) < 4.78 is 5.83. The van der Waals surface area contributed by atoms with E-state index in [0.717, 1.165) is 21.6 Å². The first kappa shape index (κ1) is 21.1. The predicted octanol–water partition coefficient (Wildman–Crippen LogP) is 4.55. The highest BCUT2D eigenvalue weighted by atomic mass is 16.5. The molecule has 0 saturated carbocycles. The molecule has 1 fully saturated rings. The van der Waals surface area contributed by atoms with Gasteiger partial charge in [0.15, 0.2) is 0 Å². The second-order valence-electron chi connectivity index (χ2n) is 7.52. The second-order valence-corrected chi connectivity index (χ2v) is 7.52. The Morgan fingerprint density at radius 3 is 2.44 bits per heavy atom. The van der Waals surface area contributed by atoms with Crippen LogP contribution in [0.3, 0.4) is 0 Å². The predicted molar refractivity (Wildman–Crippen MR) is 122 cm³/mol. The van der Waals surface area contributed by atoms with Gasteiger partial charge in [-0.3, -0.25) is 14.9 Å². The highest BCUT2D eigenvalue weighted by Gasteiger charge is 2.37. The molecule has 6 heteroatoms. The molecule has 3 aromatic carbocycles. The molecule has 0 bridgehead atoms. The Labute approximate surface area is 186 Å². The van der Waals surface area contributed by atoms with Crippen LogP contribution < -0.4 is 15.0 Å². The lowest BCUT2D eigenvalue weighted by Gasteiger charge is -2.28. The van der Waals surface area contributed by atoms with E-state index in [1.54, 1.807) is 36.4 Å². The zero-order valence-electron chi connectivity index (χ0n) is 17.8. The number of barbiturate groups is 1. The molecule has 0 aliphatic carbocycles. The summed E-state index contributed by atoms with van der Waals surface area (Å²) in [7, 11) is 0. The van der Waals surface area contributed by atoms with Gasteiger partial charge in [0.25, 0.3) is 11.8 Å². The van der Waals surface area contributed by atoms with Gasteiger partial charge in [-0.25, -0.2) is 9.69 Å². The van der Waals surface area contributed by atoms with Crippen molar-refractivity contribution in [3.63, 3.8) is 0 Å². The van der Waals surface area contributed by atoms with Gasteiger partial charge in [-0.15, -0.1) is 0 Å². The first-order chi connectivity index (χ1) is 15.4. The second kappa shape index (κ2) is 8.89. The van der Waals surface area contributed by atoms with Crippen molar-refractivity contribution in [2.45, 2.75) is 20.5 Å². The maximum Gasteiger partial charge on any atom is 0.335 e. The van der Waals surface area contributed by atoms with Crippen LogP contribution in [0.4, 0.5) is 10.5 Å². The molecular formula is C26H22N2O4. The summed E-state index contributed by atoms with van der Waals surface area (Å²) in [6.07, 6.45) is 1.47. The van der Waals surface area contributed by atoms with E-state index < -0.39 is 17.8 Å². The van der Waals surface area contributed by atoms with Crippen LogP contribution in [-0.4, -0.2) is 17.8 Å². The Bertz CT molecular complexity index is 1230. The van der Waals surface area contributed by atoms with Gasteiger partial charge in [-0.05, 0) is 60.4 Å². The van der Waals surface area contributed by atoms with Crippen LogP contribution in [0.2, 0.25) is 0 Å². The minimum absolute atomic E-state index is 0.120. The van der Waals surface area contributed by atoms with Gasteiger partial charge in [-0.1, -0.05) is 54.6 Å². The molecule has 1 heterocycles. The van der Waals surface area contributed by atoms with E-state index in [0.29, 0.717) is 23.6 Å². The molecule has 0 aromatic heterocycles. The van der Waals surface area contributed by atoms with Crippen LogP contribution in [0.15, 0.2) is 78.4 Å². The van der Waals surface area contributed by atoms with E-state index >= 15 is 0 Å². The number of amides is 4. The van der Waals surface area contributed by atoms with Crippen molar-refractivity contribution in [2.24, 2.45) is 0 Å². The normalized spacial score (nSPS) is 15.1. The maximum absolute atomic E-state index is 13.2. The zero-order chi connectivity index (χ0) is 22.7. The van der Waals surface area contributed by atoms with Crippen molar-refractivity contribution in [1.82, 2.24) is 5.32 Å². The van der Waals surface area contributed by atoms with Gasteiger partial charge in [-0.2, -0.15) is 0 Å². The molecule has 4 rings (SSSR count). The molecule has 160 valence electrons. The molecule has 32 heavy (non-hydrogen) atoms. The highest BCUT2D eigenvalue weighted by Crippen LogP contribution is 2.27. The number of rotatable bonds is 5. The molecule has 1 aliphatic rings. The number of urea groups is 1. The monoisotopic (exact) mass is 426 g/mol. The standard InChI is InChI=1S/C26H22N2O4/c1-17-8-6-13-23(18(17)2)28-25(30)22(24(29)27-26(28)31)15-20-11-7-12-21(14-20)32-16-19-9-4-3-5-10-19/h3-15H,16H2,1-2H3,(H,27,29,31)/b22-15-. The van der Waals surface area contributed by atoms with Gasteiger partial charge in [0, 0.05) is 0 Å². The van der Waals surface area contributed by atoms with Crippen molar-refractivity contribution in [3.8, 4) is 5.75 Å². The number of aryl methyl sites for hydroxylation is 1. The van der Waals surface area contributed by atoms with Crippen LogP contribution in [0, 0.1) is 13.8 Å². The topological polar surface area (TPSA) is 75.7 Å². The number of benzene rings is 3. The van der Waals surface area contributed by atoms with E-state index in [4.69, 9.17) is 4.74 Å². The smallest absolute Gasteiger partial charge is 0.335 e. The van der Waals surface area contributed by atoms with Crippen molar-refractivity contribution < 1.29 is 19.1 Å². The number of nitrogens with one attached hydrogen (secondary N) is 1. The largest absolute Gasteiger partial charge is 0.489 e. The number of anilines is 1. The molecular weight excluding hydrogens is 404 g/mol. The molecule has 1 N–H and O–H groups in total. The Hall–Kier alpha value is -4.19. The van der Waals surface area contributed by atoms with Gasteiger partial charge in [0.1, 0.15) is 17.9 Å². The molecule has 0 spiro atoms. The van der Waals surface area contributed by atoms with Crippen LogP contribution in [0.25, 0.3) is 6.08 Å². The fourth-order valence-electron chi connectivity index (χ4n) is 3.46. The number of nitrogens with zero attached hydrogens (tertiary/aromatic N) is 1. The molecule has 0 atom stereocenters. The zero-order valence-corrected chi connectivity index (χ0v) is 17.8. The summed E-state index contributed by atoms with van der Waals surface area (Å²) in [6.45, 7) is 4.13. The van der Waals surface area contributed by atoms with E-state index in [2.05, 4.69) is 5.32 Å². The fraction of sp³-hybridized carbons (Fsp3) is 0.115. The lowest BCUT2D eigenvalue weighted by Crippen LogP contribution is -2.54. The number of hydrogen-bond donors (Lipinski definition) is 1. The summed E-state index contributed by atoms with van der Waals surface area (Å²) in [5, 5.41) is 2.26. The van der Waals surface area contributed by atoms with Gasteiger partial charge in [0.05, 0.1) is 5.69 Å². The lowest BCUT2D eigenvalue weighted by molar-refractivity contribution is -0.122. The average molecular weight is 426 g/mol. The summed E-state index contributed by atoms with van der Waals surface area (Å²) in [5.74, 6) is -0.783. The highest BCUT2D eigenvalue weighted by molar-refractivity contribution is 6.39. The number of carbonyl (C=O) groups excluding carboxylic acids is 3. The summed E-state index contributed by atoms with van der Waals surface area (Å²) in [6, 6.07) is 21.4. The van der Waals surface area contributed by atoms with Crippen LogP contribution in [-0.2, 0) is 16.2 Å². The van der Waals surface area contributed by atoms with Gasteiger partial charge in [0.2, 0.25) is 0 Å². The van der Waals surface area contributed by atoms with E-state index in [1.807, 2.05) is 50.2 Å². The van der Waals surface area contributed by atoms with Crippen molar-refractivity contribution in [3.05, 3.63) is 101 Å². The summed E-state index contributed by atoms with van der Waals surface area (Å²) in [4.78, 5) is 39.1. The SMILES string of the molecule is Cc1cccc(N2C(=O)NC(=O)/C(=C/c3cccc(OCc4ccccc4)c3)C2=O)c1C. The first-order valence-electron chi connectivity index (χ1n) is 10.2. The van der Waals surface area contributed by atoms with Gasteiger partial charge >= 0.3 is 6.03 Å². The number of carbonyl (C=O) groups is 3. The first-order valence-corrected chi connectivity index (χ1v) is 10.2. The fourth-order valence-corrected chi connectivity index (χ4v) is 3.46. The molecule has 0 unspecified atom stereocenters. The maximum atomic E-state index is 13.2. The molecule has 0 radical (unpaired) electrons. The third-order valence-corrected chi connectivity index (χ3v) is 5.34. The quantitative estimate of drug-likeness (QED) is 0.480. The van der Waals surface area contributed by atoms with Gasteiger partial charge < -0.3 is 4.74 Å². The summed E-state index contributed by atoms with van der Waals surface area (Å²) >= 11 is 0. The third kappa shape index (κ3) is 4.30. The minimum Gasteiger partial charge on any atom is -0.489 e. The van der Waals surface area contributed by atoms with Crippen molar-refractivity contribution in [2.75, 3.05) is 4.90 Å². The molecule has 1 saturated heterocycles. The Balaban J connectivity index is 1.61. The molecule has 6 nitrogen and oxygen atoms in total. The number of hydrogen-bond acceptors (Lipinski definition) is 4. The van der Waals surface area contributed by atoms with Crippen LogP contribution in [0.5, 0.6) is 5.75 Å². The molecule has 4 amide bonds. The average Bonchev–Trinajstić information content (AvgIpc) is 2.79. The Morgan fingerprint density at radius 1 is 0.906 bits per heavy atom. The Morgan fingerprint density at radius 2 is 1.66 bits per heavy atom. The minimum atomic E-state index is -0.759. The molecule has 1 aliphatic heterocycles. The van der Waals surface area contributed by atoms with Crippen molar-refractivity contribution >= 4 is 29.6 Å². The van der Waals surface area contributed by atoms with Crippen LogP contribution in [0.1, 0.15) is 22.3 Å². The Kier molecular flexibility index (Phi) is 5.85. The molecule has 3 aromatic rings. The number of imide groups is 2. The third-order valence-electron chi connectivity index (χ3n) is 5.34. The van der Waals surface area contributed by atoms with E-state index in [1.165, 1.54) is 6.08 Å². The van der Waals surface area contributed by atoms with E-state index in [-0.39, 0.29) is 5.57 Å². The van der Waals surface area contributed by atoms with Crippen molar-refractivity contribution in [1.29, 1.82) is 0 Å². The summed E-state index contributed by atoms with van der Waals surface area (Å²) in [5.41, 5.74) is 3.71.